The van der Waals surface area contributed by atoms with E-state index in [2.05, 4.69) is 10.3 Å². The van der Waals surface area contributed by atoms with E-state index < -0.39 is 6.10 Å². The lowest BCUT2D eigenvalue weighted by Gasteiger charge is -2.15. The molecule has 0 aliphatic rings. The molecular weight excluding hydrogens is 312 g/mol. The predicted molar refractivity (Wildman–Crippen MR) is 91.9 cm³/mol. The predicted octanol–water partition coefficient (Wildman–Crippen LogP) is 4.29. The van der Waals surface area contributed by atoms with Crippen molar-refractivity contribution < 1.29 is 9.53 Å². The van der Waals surface area contributed by atoms with Crippen LogP contribution in [0, 0.1) is 0 Å². The number of benzene rings is 2. The molecule has 1 atom stereocenters. The van der Waals surface area contributed by atoms with Crippen LogP contribution < -0.4 is 10.1 Å². The maximum absolute atomic E-state index is 12.2. The number of hydrogen-bond donors (Lipinski definition) is 1. The zero-order valence-electron chi connectivity index (χ0n) is 12.5. The molecule has 1 N–H and O–H groups in total. The van der Waals surface area contributed by atoms with Crippen molar-refractivity contribution in [2.75, 3.05) is 5.32 Å². The summed E-state index contributed by atoms with van der Waals surface area (Å²) in [6, 6.07) is 16.6. The second kappa shape index (κ2) is 6.67. The van der Waals surface area contributed by atoms with E-state index >= 15 is 0 Å². The number of rotatable bonds is 4. The minimum absolute atomic E-state index is 0.248. The fourth-order valence-electron chi connectivity index (χ4n) is 2.18. The summed E-state index contributed by atoms with van der Waals surface area (Å²) >= 11 is 5.90. The molecule has 0 radical (unpaired) electrons. The molecule has 23 heavy (non-hydrogen) atoms. The normalized spacial score (nSPS) is 11.9. The Kier molecular flexibility index (Phi) is 4.44. The van der Waals surface area contributed by atoms with Gasteiger partial charge in [0.05, 0.1) is 17.4 Å². The fraction of sp³-hybridized carbons (Fsp3) is 0.111. The van der Waals surface area contributed by atoms with Gasteiger partial charge in [-0.25, -0.2) is 0 Å². The number of para-hydroxylation sites is 1. The Bertz CT molecular complexity index is 851. The van der Waals surface area contributed by atoms with E-state index in [4.69, 9.17) is 16.3 Å². The molecule has 0 fully saturated rings. The highest BCUT2D eigenvalue weighted by molar-refractivity contribution is 6.30. The number of nitrogens with zero attached hydrogens (tertiary/aromatic N) is 1. The lowest BCUT2D eigenvalue weighted by Crippen LogP contribution is -2.30. The molecule has 0 aliphatic heterocycles. The first-order valence-electron chi connectivity index (χ1n) is 7.20. The van der Waals surface area contributed by atoms with Crippen LogP contribution in [0.3, 0.4) is 0 Å². The van der Waals surface area contributed by atoms with Crippen molar-refractivity contribution in [2.24, 2.45) is 0 Å². The van der Waals surface area contributed by atoms with Gasteiger partial charge in [-0.05, 0) is 37.3 Å². The molecule has 0 saturated heterocycles. The minimum Gasteiger partial charge on any atom is -0.481 e. The number of carbonyl (C=O) groups is 1. The van der Waals surface area contributed by atoms with Crippen LogP contribution in [0.4, 0.5) is 5.69 Å². The molecule has 3 aromatic rings. The molecule has 5 heteroatoms. The van der Waals surface area contributed by atoms with Crippen molar-refractivity contribution in [2.45, 2.75) is 13.0 Å². The molecule has 1 unspecified atom stereocenters. The number of carbonyl (C=O) groups excluding carboxylic acids is 1. The number of halogens is 1. The van der Waals surface area contributed by atoms with Crippen LogP contribution in [0.25, 0.3) is 10.9 Å². The first kappa shape index (κ1) is 15.3. The third kappa shape index (κ3) is 3.79. The van der Waals surface area contributed by atoms with E-state index in [1.165, 1.54) is 0 Å². The van der Waals surface area contributed by atoms with Gasteiger partial charge in [-0.1, -0.05) is 35.9 Å². The number of aromatic nitrogens is 1. The van der Waals surface area contributed by atoms with E-state index in [0.29, 0.717) is 16.5 Å². The topological polar surface area (TPSA) is 51.2 Å². The molecule has 1 heterocycles. The molecule has 1 amide bonds. The van der Waals surface area contributed by atoms with E-state index in [-0.39, 0.29) is 5.91 Å². The number of nitrogens with one attached hydrogen (secondary N) is 1. The van der Waals surface area contributed by atoms with E-state index in [1.54, 1.807) is 37.4 Å². The Morgan fingerprint density at radius 1 is 1.17 bits per heavy atom. The molecule has 1 aromatic heterocycles. The van der Waals surface area contributed by atoms with Crippen molar-refractivity contribution in [1.82, 2.24) is 4.98 Å². The van der Waals surface area contributed by atoms with Crippen molar-refractivity contribution in [3.63, 3.8) is 0 Å². The zero-order valence-corrected chi connectivity index (χ0v) is 13.2. The number of amides is 1. The lowest BCUT2D eigenvalue weighted by molar-refractivity contribution is -0.122. The van der Waals surface area contributed by atoms with Crippen LogP contribution in [0.15, 0.2) is 60.8 Å². The molecular formula is C18H15ClN2O2. The van der Waals surface area contributed by atoms with Crippen LogP contribution >= 0.6 is 11.6 Å². The Hall–Kier alpha value is -2.59. The number of ether oxygens (including phenoxy) is 1. The van der Waals surface area contributed by atoms with Crippen molar-refractivity contribution >= 4 is 34.1 Å². The van der Waals surface area contributed by atoms with Crippen LogP contribution in [0.2, 0.25) is 5.02 Å². The number of hydrogen-bond acceptors (Lipinski definition) is 3. The van der Waals surface area contributed by atoms with E-state index in [0.717, 1.165) is 10.9 Å². The number of pyridine rings is 1. The lowest BCUT2D eigenvalue weighted by atomic mass is 10.2. The average Bonchev–Trinajstić information content (AvgIpc) is 2.54. The third-order valence-corrected chi connectivity index (χ3v) is 3.57. The maximum Gasteiger partial charge on any atom is 0.265 e. The highest BCUT2D eigenvalue weighted by atomic mass is 35.5. The van der Waals surface area contributed by atoms with Gasteiger partial charge in [0.25, 0.3) is 5.91 Å². The van der Waals surface area contributed by atoms with Gasteiger partial charge in [-0.3, -0.25) is 9.78 Å². The standard InChI is InChI=1S/C18H15ClN2O2/c1-12(23-16-7-4-6-14(19)10-16)18(22)21-15-9-13-5-2-3-8-17(13)20-11-15/h2-12H,1H3,(H,21,22). The molecule has 0 bridgehead atoms. The highest BCUT2D eigenvalue weighted by Crippen LogP contribution is 2.19. The van der Waals surface area contributed by atoms with Gasteiger partial charge in [0.1, 0.15) is 5.75 Å². The molecule has 4 nitrogen and oxygen atoms in total. The van der Waals surface area contributed by atoms with Gasteiger partial charge >= 0.3 is 0 Å². The minimum atomic E-state index is -0.653. The van der Waals surface area contributed by atoms with Crippen LogP contribution in [0.1, 0.15) is 6.92 Å². The summed E-state index contributed by atoms with van der Waals surface area (Å²) in [7, 11) is 0. The smallest absolute Gasteiger partial charge is 0.265 e. The second-order valence-corrected chi connectivity index (χ2v) is 5.56. The third-order valence-electron chi connectivity index (χ3n) is 3.34. The van der Waals surface area contributed by atoms with Crippen LogP contribution in [-0.4, -0.2) is 17.0 Å². The maximum atomic E-state index is 12.2. The quantitative estimate of drug-likeness (QED) is 0.778. The first-order valence-corrected chi connectivity index (χ1v) is 7.57. The summed E-state index contributed by atoms with van der Waals surface area (Å²) < 4.78 is 5.60. The zero-order chi connectivity index (χ0) is 16.2. The van der Waals surface area contributed by atoms with Crippen molar-refractivity contribution in [1.29, 1.82) is 0 Å². The molecule has 0 saturated carbocycles. The Labute approximate surface area is 139 Å². The van der Waals surface area contributed by atoms with E-state index in [1.807, 2.05) is 30.3 Å². The fourth-order valence-corrected chi connectivity index (χ4v) is 2.36. The molecule has 0 spiro atoms. The summed E-state index contributed by atoms with van der Waals surface area (Å²) in [5, 5.41) is 4.34. The van der Waals surface area contributed by atoms with Gasteiger partial charge in [0, 0.05) is 10.4 Å². The molecule has 2 aromatic carbocycles. The molecule has 3 rings (SSSR count). The second-order valence-electron chi connectivity index (χ2n) is 5.12. The van der Waals surface area contributed by atoms with Gasteiger partial charge in [0.2, 0.25) is 0 Å². The van der Waals surface area contributed by atoms with Crippen LogP contribution in [-0.2, 0) is 4.79 Å². The highest BCUT2D eigenvalue weighted by Gasteiger charge is 2.15. The van der Waals surface area contributed by atoms with Gasteiger partial charge in [-0.15, -0.1) is 0 Å². The number of anilines is 1. The average molecular weight is 327 g/mol. The molecule has 0 aliphatic carbocycles. The van der Waals surface area contributed by atoms with E-state index in [9.17, 15) is 4.79 Å². The van der Waals surface area contributed by atoms with Crippen molar-refractivity contribution in [3.8, 4) is 5.75 Å². The summed E-state index contributed by atoms with van der Waals surface area (Å²) in [5.74, 6) is 0.304. The summed E-state index contributed by atoms with van der Waals surface area (Å²) in [5.41, 5.74) is 1.52. The Balaban J connectivity index is 1.69. The number of fused-ring (bicyclic) bond motifs is 1. The molecule has 116 valence electrons. The largest absolute Gasteiger partial charge is 0.481 e. The Morgan fingerprint density at radius 2 is 2.00 bits per heavy atom. The first-order chi connectivity index (χ1) is 11.1. The summed E-state index contributed by atoms with van der Waals surface area (Å²) in [6.45, 7) is 1.69. The Morgan fingerprint density at radius 3 is 2.83 bits per heavy atom. The van der Waals surface area contributed by atoms with Gasteiger partial charge < -0.3 is 10.1 Å². The van der Waals surface area contributed by atoms with Crippen molar-refractivity contribution in [3.05, 3.63) is 65.8 Å². The monoisotopic (exact) mass is 326 g/mol. The van der Waals surface area contributed by atoms with Crippen LogP contribution in [0.5, 0.6) is 5.75 Å². The van der Waals surface area contributed by atoms with Gasteiger partial charge in [-0.2, -0.15) is 0 Å². The summed E-state index contributed by atoms with van der Waals surface area (Å²) in [6.07, 6.45) is 0.978. The summed E-state index contributed by atoms with van der Waals surface area (Å²) in [4.78, 5) is 16.6. The SMILES string of the molecule is CC(Oc1cccc(Cl)c1)C(=O)Nc1cnc2ccccc2c1. The van der Waals surface area contributed by atoms with Gasteiger partial charge in [0.15, 0.2) is 6.10 Å².